The molecule has 0 radical (unpaired) electrons. The molecule has 0 fully saturated rings. The van der Waals surface area contributed by atoms with Crippen molar-refractivity contribution in [2.24, 2.45) is 0 Å². The summed E-state index contributed by atoms with van der Waals surface area (Å²) in [5.41, 5.74) is 14.8. The van der Waals surface area contributed by atoms with Gasteiger partial charge in [0.05, 0.1) is 21.9 Å². The van der Waals surface area contributed by atoms with Crippen LogP contribution >= 0.6 is 11.3 Å². The lowest BCUT2D eigenvalue weighted by Crippen LogP contribution is -1.94. The summed E-state index contributed by atoms with van der Waals surface area (Å²) in [6, 6.07) is 5.67. The summed E-state index contributed by atoms with van der Waals surface area (Å²) in [5, 5.41) is 3.94. The van der Waals surface area contributed by atoms with Crippen molar-refractivity contribution in [3.8, 4) is 10.4 Å². The van der Waals surface area contributed by atoms with Gasteiger partial charge >= 0.3 is 0 Å². The second-order valence-corrected chi connectivity index (χ2v) is 4.53. The zero-order valence-electron chi connectivity index (χ0n) is 9.24. The molecule has 0 bridgehead atoms. The molecule has 1 aromatic carbocycles. The SMILES string of the molecule is CNc1nc(C)c(-c2ccc(N)c(N)c2)s1. The Bertz CT molecular complexity index is 519. The van der Waals surface area contributed by atoms with Crippen LogP contribution in [0.3, 0.4) is 0 Å². The van der Waals surface area contributed by atoms with Gasteiger partial charge in [0.1, 0.15) is 0 Å². The number of hydrogen-bond donors (Lipinski definition) is 3. The largest absolute Gasteiger partial charge is 0.397 e. The minimum absolute atomic E-state index is 0.608. The van der Waals surface area contributed by atoms with E-state index in [1.165, 1.54) is 0 Å². The van der Waals surface area contributed by atoms with Gasteiger partial charge in [-0.25, -0.2) is 4.98 Å². The zero-order chi connectivity index (χ0) is 11.7. The number of aromatic nitrogens is 1. The molecule has 0 aliphatic rings. The summed E-state index contributed by atoms with van der Waals surface area (Å²) in [6.45, 7) is 1.99. The standard InChI is InChI=1S/C11H14N4S/c1-6-10(16-11(14-2)15-6)7-3-4-8(12)9(13)5-7/h3-5H,12-13H2,1-2H3,(H,14,15). The molecule has 84 valence electrons. The van der Waals surface area contributed by atoms with E-state index in [9.17, 15) is 0 Å². The normalized spacial score (nSPS) is 10.4. The lowest BCUT2D eigenvalue weighted by Gasteiger charge is -2.03. The van der Waals surface area contributed by atoms with Crippen LogP contribution < -0.4 is 16.8 Å². The fraction of sp³-hybridized carbons (Fsp3) is 0.182. The fourth-order valence-corrected chi connectivity index (χ4v) is 2.40. The number of nitrogen functional groups attached to an aromatic ring is 2. The number of rotatable bonds is 2. The summed E-state index contributed by atoms with van der Waals surface area (Å²) in [4.78, 5) is 5.51. The first kappa shape index (κ1) is 10.8. The smallest absolute Gasteiger partial charge is 0.183 e. The average molecular weight is 234 g/mol. The van der Waals surface area contributed by atoms with Crippen LogP contribution in [0.4, 0.5) is 16.5 Å². The van der Waals surface area contributed by atoms with Crippen LogP contribution in [-0.4, -0.2) is 12.0 Å². The second kappa shape index (κ2) is 4.02. The maximum absolute atomic E-state index is 5.79. The van der Waals surface area contributed by atoms with Gasteiger partial charge in [0.15, 0.2) is 5.13 Å². The van der Waals surface area contributed by atoms with Crippen LogP contribution in [0, 0.1) is 6.92 Å². The fourth-order valence-electron chi connectivity index (χ4n) is 1.49. The topological polar surface area (TPSA) is 77.0 Å². The lowest BCUT2D eigenvalue weighted by atomic mass is 10.1. The number of nitrogens with zero attached hydrogens (tertiary/aromatic N) is 1. The highest BCUT2D eigenvalue weighted by Crippen LogP contribution is 2.34. The molecule has 4 nitrogen and oxygen atoms in total. The molecule has 0 aliphatic heterocycles. The number of nitrogens with two attached hydrogens (primary N) is 2. The molecule has 0 aliphatic carbocycles. The average Bonchev–Trinajstić information content (AvgIpc) is 2.64. The summed E-state index contributed by atoms with van der Waals surface area (Å²) in [7, 11) is 1.86. The Morgan fingerprint density at radius 3 is 2.56 bits per heavy atom. The van der Waals surface area contributed by atoms with Crippen molar-refractivity contribution in [1.29, 1.82) is 0 Å². The third-order valence-corrected chi connectivity index (χ3v) is 3.58. The number of nitrogens with one attached hydrogen (secondary N) is 1. The quantitative estimate of drug-likeness (QED) is 0.697. The third kappa shape index (κ3) is 1.81. The molecule has 0 unspecified atom stereocenters. The van der Waals surface area contributed by atoms with Crippen LogP contribution in [0.1, 0.15) is 5.69 Å². The number of thiazole rings is 1. The van der Waals surface area contributed by atoms with Crippen LogP contribution in [-0.2, 0) is 0 Å². The summed E-state index contributed by atoms with van der Waals surface area (Å²) in [5.74, 6) is 0. The van der Waals surface area contributed by atoms with E-state index < -0.39 is 0 Å². The van der Waals surface area contributed by atoms with Crippen molar-refractivity contribution >= 4 is 27.8 Å². The molecule has 2 rings (SSSR count). The van der Waals surface area contributed by atoms with Crippen molar-refractivity contribution in [3.63, 3.8) is 0 Å². The van der Waals surface area contributed by atoms with Gasteiger partial charge in [-0.3, -0.25) is 0 Å². The van der Waals surface area contributed by atoms with Gasteiger partial charge in [0.25, 0.3) is 0 Å². The Labute approximate surface area is 98.3 Å². The molecule has 0 atom stereocenters. The highest BCUT2D eigenvalue weighted by molar-refractivity contribution is 7.19. The van der Waals surface area contributed by atoms with Crippen molar-refractivity contribution in [2.75, 3.05) is 23.8 Å². The number of anilines is 3. The number of hydrogen-bond acceptors (Lipinski definition) is 5. The third-order valence-electron chi connectivity index (χ3n) is 2.36. The Morgan fingerprint density at radius 2 is 2.00 bits per heavy atom. The highest BCUT2D eigenvalue weighted by atomic mass is 32.1. The zero-order valence-corrected chi connectivity index (χ0v) is 10.1. The van der Waals surface area contributed by atoms with Gasteiger partial charge < -0.3 is 16.8 Å². The van der Waals surface area contributed by atoms with Gasteiger partial charge in [0, 0.05) is 7.05 Å². The minimum atomic E-state index is 0.608. The van der Waals surface area contributed by atoms with Crippen molar-refractivity contribution < 1.29 is 0 Å². The molecule has 1 aromatic heterocycles. The molecule has 0 spiro atoms. The van der Waals surface area contributed by atoms with E-state index >= 15 is 0 Å². The van der Waals surface area contributed by atoms with Crippen molar-refractivity contribution in [2.45, 2.75) is 6.92 Å². The predicted molar refractivity (Wildman–Crippen MR) is 70.7 cm³/mol. The van der Waals surface area contributed by atoms with Crippen LogP contribution in [0.15, 0.2) is 18.2 Å². The Hall–Kier alpha value is -1.75. The molecule has 16 heavy (non-hydrogen) atoms. The Morgan fingerprint density at radius 1 is 1.25 bits per heavy atom. The molecule has 0 saturated heterocycles. The monoisotopic (exact) mass is 234 g/mol. The number of benzene rings is 1. The van der Waals surface area contributed by atoms with Gasteiger partial charge in [0.2, 0.25) is 0 Å². The minimum Gasteiger partial charge on any atom is -0.397 e. The Balaban J connectivity index is 2.49. The maximum atomic E-state index is 5.79. The predicted octanol–water partition coefficient (Wildman–Crippen LogP) is 2.32. The first-order valence-electron chi connectivity index (χ1n) is 4.92. The van der Waals surface area contributed by atoms with Gasteiger partial charge in [-0.15, -0.1) is 0 Å². The second-order valence-electron chi connectivity index (χ2n) is 3.53. The molecule has 2 aromatic rings. The van der Waals surface area contributed by atoms with Crippen LogP contribution in [0.25, 0.3) is 10.4 Å². The molecular formula is C11H14N4S. The number of aryl methyl sites for hydroxylation is 1. The van der Waals surface area contributed by atoms with E-state index in [4.69, 9.17) is 11.5 Å². The molecule has 0 amide bonds. The molecular weight excluding hydrogens is 220 g/mol. The van der Waals surface area contributed by atoms with Gasteiger partial charge in [-0.05, 0) is 24.6 Å². The summed E-state index contributed by atoms with van der Waals surface area (Å²) >= 11 is 1.61. The van der Waals surface area contributed by atoms with E-state index in [1.807, 2.05) is 32.2 Å². The van der Waals surface area contributed by atoms with E-state index in [2.05, 4.69) is 10.3 Å². The molecule has 5 N–H and O–H groups in total. The summed E-state index contributed by atoms with van der Waals surface area (Å²) in [6.07, 6.45) is 0. The Kier molecular flexibility index (Phi) is 2.70. The maximum Gasteiger partial charge on any atom is 0.183 e. The molecule has 1 heterocycles. The first-order chi connectivity index (χ1) is 7.61. The highest BCUT2D eigenvalue weighted by Gasteiger charge is 2.09. The van der Waals surface area contributed by atoms with Crippen LogP contribution in [0.2, 0.25) is 0 Å². The van der Waals surface area contributed by atoms with E-state index in [0.717, 1.165) is 21.3 Å². The van der Waals surface area contributed by atoms with Crippen molar-refractivity contribution in [3.05, 3.63) is 23.9 Å². The van der Waals surface area contributed by atoms with Crippen LogP contribution in [0.5, 0.6) is 0 Å². The molecule has 5 heteroatoms. The first-order valence-corrected chi connectivity index (χ1v) is 5.74. The van der Waals surface area contributed by atoms with Crippen molar-refractivity contribution in [1.82, 2.24) is 4.98 Å². The lowest BCUT2D eigenvalue weighted by molar-refractivity contribution is 1.25. The van der Waals surface area contributed by atoms with E-state index in [-0.39, 0.29) is 0 Å². The molecule has 0 saturated carbocycles. The van der Waals surface area contributed by atoms with Gasteiger partial charge in [-0.2, -0.15) is 0 Å². The summed E-state index contributed by atoms with van der Waals surface area (Å²) < 4.78 is 0. The van der Waals surface area contributed by atoms with E-state index in [0.29, 0.717) is 11.4 Å². The van der Waals surface area contributed by atoms with E-state index in [1.54, 1.807) is 11.3 Å². The van der Waals surface area contributed by atoms with Gasteiger partial charge in [-0.1, -0.05) is 17.4 Å².